The number of morpholine rings is 1. The van der Waals surface area contributed by atoms with Crippen LogP contribution in [0.1, 0.15) is 18.9 Å². The lowest BCUT2D eigenvalue weighted by Gasteiger charge is -2.35. The molecule has 1 N–H and O–H groups in total. The number of amides is 1. The van der Waals surface area contributed by atoms with Crippen molar-refractivity contribution in [2.24, 2.45) is 0 Å². The van der Waals surface area contributed by atoms with E-state index in [2.05, 4.69) is 15.9 Å². The molecule has 0 aliphatic carbocycles. The largest absolute Gasteiger partial charge is 0.479 e. The molecule has 6 heteroatoms. The average Bonchev–Trinajstić information content (AvgIpc) is 2.45. The number of carboxylic acid groups (broad SMARTS) is 1. The molecule has 2 atom stereocenters. The van der Waals surface area contributed by atoms with Gasteiger partial charge in [0.2, 0.25) is 5.91 Å². The first-order valence-electron chi connectivity index (χ1n) is 6.87. The summed E-state index contributed by atoms with van der Waals surface area (Å²) >= 11 is 3.46. The molecule has 0 bridgehead atoms. The van der Waals surface area contributed by atoms with E-state index < -0.39 is 12.1 Å². The second-order valence-corrected chi connectivity index (χ2v) is 6.02. The van der Waals surface area contributed by atoms with E-state index in [9.17, 15) is 9.59 Å². The van der Waals surface area contributed by atoms with Crippen LogP contribution >= 0.6 is 15.9 Å². The number of ether oxygens (including phenoxy) is 1. The van der Waals surface area contributed by atoms with Gasteiger partial charge in [-0.1, -0.05) is 34.1 Å². The standard InChI is InChI=1S/C15H18BrNO4/c1-10-8-17(9-13(21-10)15(19)20)14(18)7-6-11-4-2-3-5-12(11)16/h2-5,10,13H,6-9H2,1H3,(H,19,20)/t10-,13?/m1/s1. The predicted molar refractivity (Wildman–Crippen MR) is 81.0 cm³/mol. The molecule has 21 heavy (non-hydrogen) atoms. The van der Waals surface area contributed by atoms with E-state index in [0.717, 1.165) is 10.0 Å². The Bertz CT molecular complexity index is 534. The van der Waals surface area contributed by atoms with Gasteiger partial charge in [0.25, 0.3) is 0 Å². The third-order valence-corrected chi connectivity index (χ3v) is 4.23. The molecule has 0 aromatic heterocycles. The number of carboxylic acids is 1. The van der Waals surface area contributed by atoms with Crippen molar-refractivity contribution in [2.75, 3.05) is 13.1 Å². The van der Waals surface area contributed by atoms with E-state index in [1.807, 2.05) is 24.3 Å². The Kier molecular flexibility index (Phi) is 5.36. The normalized spacial score (nSPS) is 22.1. The van der Waals surface area contributed by atoms with E-state index in [-0.39, 0.29) is 18.6 Å². The fraction of sp³-hybridized carbons (Fsp3) is 0.467. The Morgan fingerprint density at radius 2 is 2.10 bits per heavy atom. The maximum absolute atomic E-state index is 12.3. The van der Waals surface area contributed by atoms with Crippen LogP contribution in [-0.2, 0) is 20.7 Å². The van der Waals surface area contributed by atoms with Crippen LogP contribution in [0.5, 0.6) is 0 Å². The Morgan fingerprint density at radius 1 is 1.38 bits per heavy atom. The molecule has 5 nitrogen and oxygen atoms in total. The number of hydrogen-bond donors (Lipinski definition) is 1. The molecule has 1 fully saturated rings. The number of nitrogens with zero attached hydrogens (tertiary/aromatic N) is 1. The first-order chi connectivity index (χ1) is 9.97. The molecule has 1 amide bonds. The lowest BCUT2D eigenvalue weighted by Crippen LogP contribution is -2.51. The van der Waals surface area contributed by atoms with Gasteiger partial charge in [0, 0.05) is 17.4 Å². The number of carbonyl (C=O) groups is 2. The van der Waals surface area contributed by atoms with Crippen LogP contribution in [0.2, 0.25) is 0 Å². The molecule has 1 aromatic carbocycles. The van der Waals surface area contributed by atoms with Gasteiger partial charge in [0.05, 0.1) is 12.6 Å². The summed E-state index contributed by atoms with van der Waals surface area (Å²) in [7, 11) is 0. The van der Waals surface area contributed by atoms with Crippen molar-refractivity contribution in [1.29, 1.82) is 0 Å². The molecule has 0 saturated carbocycles. The van der Waals surface area contributed by atoms with Crippen molar-refractivity contribution in [3.63, 3.8) is 0 Å². The van der Waals surface area contributed by atoms with E-state index in [4.69, 9.17) is 9.84 Å². The van der Waals surface area contributed by atoms with Gasteiger partial charge in [0.15, 0.2) is 6.10 Å². The Morgan fingerprint density at radius 3 is 2.76 bits per heavy atom. The van der Waals surface area contributed by atoms with Crippen LogP contribution in [0.4, 0.5) is 0 Å². The fourth-order valence-electron chi connectivity index (χ4n) is 2.39. The predicted octanol–water partition coefficient (Wildman–Crippen LogP) is 2.08. The van der Waals surface area contributed by atoms with Gasteiger partial charge in [-0.25, -0.2) is 4.79 Å². The summed E-state index contributed by atoms with van der Waals surface area (Å²) in [6.07, 6.45) is -0.195. The van der Waals surface area contributed by atoms with Crippen molar-refractivity contribution in [2.45, 2.75) is 32.0 Å². The van der Waals surface area contributed by atoms with Crippen LogP contribution in [0.3, 0.4) is 0 Å². The third-order valence-electron chi connectivity index (χ3n) is 3.45. The van der Waals surface area contributed by atoms with Gasteiger partial charge in [-0.15, -0.1) is 0 Å². The molecule has 1 aliphatic rings. The molecule has 1 aliphatic heterocycles. The van der Waals surface area contributed by atoms with Crippen LogP contribution in [0.15, 0.2) is 28.7 Å². The summed E-state index contributed by atoms with van der Waals surface area (Å²) in [5.74, 6) is -1.06. The maximum Gasteiger partial charge on any atom is 0.334 e. The number of benzene rings is 1. The maximum atomic E-state index is 12.3. The second-order valence-electron chi connectivity index (χ2n) is 5.16. The average molecular weight is 356 g/mol. The Labute approximate surface area is 132 Å². The minimum absolute atomic E-state index is 0.0350. The number of aryl methyl sites for hydroxylation is 1. The van der Waals surface area contributed by atoms with E-state index >= 15 is 0 Å². The van der Waals surface area contributed by atoms with E-state index in [0.29, 0.717) is 19.4 Å². The molecule has 1 aromatic rings. The van der Waals surface area contributed by atoms with Gasteiger partial charge in [-0.05, 0) is 25.0 Å². The molecule has 0 spiro atoms. The topological polar surface area (TPSA) is 66.8 Å². The fourth-order valence-corrected chi connectivity index (χ4v) is 2.88. The summed E-state index contributed by atoms with van der Waals surface area (Å²) < 4.78 is 6.29. The van der Waals surface area contributed by atoms with Crippen LogP contribution in [-0.4, -0.2) is 47.2 Å². The monoisotopic (exact) mass is 355 g/mol. The third kappa shape index (κ3) is 4.28. The van der Waals surface area contributed by atoms with Crippen molar-refractivity contribution in [3.05, 3.63) is 34.3 Å². The number of rotatable bonds is 4. The summed E-state index contributed by atoms with van der Waals surface area (Å²) in [4.78, 5) is 24.9. The lowest BCUT2D eigenvalue weighted by atomic mass is 10.1. The SMILES string of the molecule is C[C@@H]1CN(C(=O)CCc2ccccc2Br)CC(C(=O)O)O1. The molecule has 1 saturated heterocycles. The minimum atomic E-state index is -1.02. The second kappa shape index (κ2) is 7.04. The van der Waals surface area contributed by atoms with Gasteiger partial charge >= 0.3 is 5.97 Å². The number of aliphatic carboxylic acids is 1. The minimum Gasteiger partial charge on any atom is -0.479 e. The molecule has 2 rings (SSSR count). The highest BCUT2D eigenvalue weighted by atomic mass is 79.9. The zero-order valence-electron chi connectivity index (χ0n) is 11.8. The summed E-state index contributed by atoms with van der Waals surface area (Å²) in [5.41, 5.74) is 1.07. The van der Waals surface area contributed by atoms with Crippen molar-refractivity contribution < 1.29 is 19.4 Å². The summed E-state index contributed by atoms with van der Waals surface area (Å²) in [5, 5.41) is 9.03. The van der Waals surface area contributed by atoms with Crippen molar-refractivity contribution >= 4 is 27.8 Å². The Hall–Kier alpha value is -1.40. The van der Waals surface area contributed by atoms with Gasteiger partial charge in [-0.2, -0.15) is 0 Å². The highest BCUT2D eigenvalue weighted by molar-refractivity contribution is 9.10. The summed E-state index contributed by atoms with van der Waals surface area (Å²) in [6, 6.07) is 7.77. The first-order valence-corrected chi connectivity index (χ1v) is 7.66. The van der Waals surface area contributed by atoms with Crippen LogP contribution in [0, 0.1) is 0 Å². The van der Waals surface area contributed by atoms with Gasteiger partial charge < -0.3 is 14.7 Å². The van der Waals surface area contributed by atoms with Crippen LogP contribution in [0.25, 0.3) is 0 Å². The number of carbonyl (C=O) groups excluding carboxylic acids is 1. The molecular formula is C15H18BrNO4. The Balaban J connectivity index is 1.93. The van der Waals surface area contributed by atoms with Crippen LogP contribution < -0.4 is 0 Å². The zero-order valence-corrected chi connectivity index (χ0v) is 13.4. The highest BCUT2D eigenvalue weighted by Crippen LogP contribution is 2.19. The summed E-state index contributed by atoms with van der Waals surface area (Å²) in [6.45, 7) is 2.34. The quantitative estimate of drug-likeness (QED) is 0.897. The number of halogens is 1. The van der Waals surface area contributed by atoms with E-state index in [1.54, 1.807) is 11.8 Å². The van der Waals surface area contributed by atoms with Gasteiger partial charge in [0.1, 0.15) is 0 Å². The first kappa shape index (κ1) is 16.0. The number of hydrogen-bond acceptors (Lipinski definition) is 3. The smallest absolute Gasteiger partial charge is 0.334 e. The highest BCUT2D eigenvalue weighted by Gasteiger charge is 2.32. The zero-order chi connectivity index (χ0) is 15.4. The molecule has 0 radical (unpaired) electrons. The van der Waals surface area contributed by atoms with E-state index in [1.165, 1.54) is 0 Å². The molecule has 114 valence electrons. The lowest BCUT2D eigenvalue weighted by molar-refractivity contribution is -0.166. The molecule has 1 unspecified atom stereocenters. The van der Waals surface area contributed by atoms with Crippen molar-refractivity contribution in [1.82, 2.24) is 4.90 Å². The van der Waals surface area contributed by atoms with Gasteiger partial charge in [-0.3, -0.25) is 4.79 Å². The van der Waals surface area contributed by atoms with Crippen molar-refractivity contribution in [3.8, 4) is 0 Å². The molecule has 1 heterocycles. The molecular weight excluding hydrogens is 338 g/mol.